The second kappa shape index (κ2) is 6.23. The van der Waals surface area contributed by atoms with E-state index in [2.05, 4.69) is 18.8 Å². The van der Waals surface area contributed by atoms with Crippen LogP contribution >= 0.6 is 11.6 Å². The van der Waals surface area contributed by atoms with E-state index in [0.717, 1.165) is 16.8 Å². The van der Waals surface area contributed by atoms with Crippen molar-refractivity contribution < 1.29 is 9.13 Å². The topological polar surface area (TPSA) is 22.1 Å². The molecule has 4 heteroatoms. The molecule has 1 heterocycles. The van der Waals surface area contributed by atoms with Crippen molar-refractivity contribution in [3.8, 4) is 11.6 Å². The Hall–Kier alpha value is -1.61. The average Bonchev–Trinajstić information content (AvgIpc) is 2.42. The van der Waals surface area contributed by atoms with Gasteiger partial charge in [-0.15, -0.1) is 11.6 Å². The minimum Gasteiger partial charge on any atom is -0.439 e. The molecule has 0 saturated heterocycles. The summed E-state index contributed by atoms with van der Waals surface area (Å²) in [6, 6.07) is 8.19. The molecule has 20 heavy (non-hydrogen) atoms. The highest BCUT2D eigenvalue weighted by Gasteiger charge is 2.09. The van der Waals surface area contributed by atoms with E-state index in [9.17, 15) is 4.39 Å². The lowest BCUT2D eigenvalue weighted by atomic mass is 10.1. The number of benzene rings is 1. The summed E-state index contributed by atoms with van der Waals surface area (Å²) in [5.74, 6) is 1.25. The summed E-state index contributed by atoms with van der Waals surface area (Å²) in [6.07, 6.45) is 0. The normalized spacial score (nSPS) is 10.9. The van der Waals surface area contributed by atoms with Gasteiger partial charge in [0.1, 0.15) is 11.6 Å². The van der Waals surface area contributed by atoms with Gasteiger partial charge in [-0.25, -0.2) is 9.37 Å². The summed E-state index contributed by atoms with van der Waals surface area (Å²) in [5, 5.41) is 0. The molecule has 0 bridgehead atoms. The van der Waals surface area contributed by atoms with Crippen LogP contribution in [0.3, 0.4) is 0 Å². The third kappa shape index (κ3) is 3.48. The quantitative estimate of drug-likeness (QED) is 0.724. The van der Waals surface area contributed by atoms with Gasteiger partial charge in [-0.2, -0.15) is 0 Å². The van der Waals surface area contributed by atoms with Crippen molar-refractivity contribution in [3.63, 3.8) is 0 Å². The Balaban J connectivity index is 2.37. The number of halogens is 2. The molecule has 0 saturated carbocycles. The first kappa shape index (κ1) is 14.8. The van der Waals surface area contributed by atoms with Crippen LogP contribution in [0.4, 0.5) is 4.39 Å². The Morgan fingerprint density at radius 2 is 2.00 bits per heavy atom. The number of rotatable bonds is 4. The summed E-state index contributed by atoms with van der Waals surface area (Å²) in [6.45, 7) is 5.97. The highest BCUT2D eigenvalue weighted by Crippen LogP contribution is 2.27. The van der Waals surface area contributed by atoms with Crippen LogP contribution in [-0.4, -0.2) is 4.98 Å². The van der Waals surface area contributed by atoms with Gasteiger partial charge in [0, 0.05) is 23.7 Å². The van der Waals surface area contributed by atoms with Crippen molar-refractivity contribution in [1.82, 2.24) is 4.98 Å². The maximum atomic E-state index is 13.3. The summed E-state index contributed by atoms with van der Waals surface area (Å²) < 4.78 is 19.0. The van der Waals surface area contributed by atoms with Gasteiger partial charge in [0.2, 0.25) is 5.88 Å². The fourth-order valence-corrected chi connectivity index (χ4v) is 1.96. The van der Waals surface area contributed by atoms with Crippen LogP contribution in [0.5, 0.6) is 11.6 Å². The molecular weight excluding hydrogens is 277 g/mol. The molecule has 0 amide bonds. The molecule has 1 aromatic carbocycles. The van der Waals surface area contributed by atoms with Crippen LogP contribution in [0.2, 0.25) is 0 Å². The Labute approximate surface area is 123 Å². The molecule has 0 spiro atoms. The van der Waals surface area contributed by atoms with Crippen LogP contribution in [0.25, 0.3) is 0 Å². The fourth-order valence-electron chi connectivity index (χ4n) is 1.80. The molecule has 0 aliphatic heterocycles. The first-order valence-corrected chi connectivity index (χ1v) is 7.04. The van der Waals surface area contributed by atoms with Gasteiger partial charge < -0.3 is 4.74 Å². The van der Waals surface area contributed by atoms with Crippen LogP contribution < -0.4 is 4.74 Å². The summed E-state index contributed by atoms with van der Waals surface area (Å²) >= 11 is 5.89. The van der Waals surface area contributed by atoms with Crippen LogP contribution in [0.1, 0.15) is 36.6 Å². The van der Waals surface area contributed by atoms with E-state index in [1.54, 1.807) is 12.1 Å². The molecule has 0 aliphatic rings. The maximum absolute atomic E-state index is 13.3. The SMILES string of the molecule is Cc1ccc(F)cc1Oc1cc(CCl)cc(C(C)C)n1. The van der Waals surface area contributed by atoms with Crippen molar-refractivity contribution in [2.45, 2.75) is 32.6 Å². The highest BCUT2D eigenvalue weighted by molar-refractivity contribution is 6.17. The van der Waals surface area contributed by atoms with Gasteiger partial charge in [0.25, 0.3) is 0 Å². The standard InChI is InChI=1S/C16H17ClFNO/c1-10(2)14-6-12(9-17)7-16(19-14)20-15-8-13(18)5-4-11(15)3/h4-8,10H,9H2,1-3H3. The Bertz CT molecular complexity index is 613. The van der Waals surface area contributed by atoms with Crippen molar-refractivity contribution in [3.05, 3.63) is 53.0 Å². The zero-order chi connectivity index (χ0) is 14.7. The molecule has 0 aliphatic carbocycles. The van der Waals surface area contributed by atoms with Gasteiger partial charge in [-0.05, 0) is 36.1 Å². The third-order valence-corrected chi connectivity index (χ3v) is 3.30. The monoisotopic (exact) mass is 293 g/mol. The molecular formula is C16H17ClFNO. The maximum Gasteiger partial charge on any atom is 0.219 e. The predicted octanol–water partition coefficient (Wildman–Crippen LogP) is 5.18. The van der Waals surface area contributed by atoms with Crippen LogP contribution in [-0.2, 0) is 5.88 Å². The fraction of sp³-hybridized carbons (Fsp3) is 0.312. The van der Waals surface area contributed by atoms with Gasteiger partial charge in [-0.3, -0.25) is 0 Å². The first-order chi connectivity index (χ1) is 9.49. The van der Waals surface area contributed by atoms with E-state index in [0.29, 0.717) is 17.5 Å². The smallest absolute Gasteiger partial charge is 0.219 e. The zero-order valence-electron chi connectivity index (χ0n) is 11.8. The van der Waals surface area contributed by atoms with Gasteiger partial charge in [0.05, 0.1) is 0 Å². The van der Waals surface area contributed by atoms with E-state index in [4.69, 9.17) is 16.3 Å². The van der Waals surface area contributed by atoms with Crippen LogP contribution in [0.15, 0.2) is 30.3 Å². The molecule has 0 atom stereocenters. The molecule has 0 radical (unpaired) electrons. The molecule has 2 nitrogen and oxygen atoms in total. The molecule has 0 fully saturated rings. The zero-order valence-corrected chi connectivity index (χ0v) is 12.5. The van der Waals surface area contributed by atoms with E-state index in [-0.39, 0.29) is 11.7 Å². The summed E-state index contributed by atoms with van der Waals surface area (Å²) in [5.41, 5.74) is 2.71. The Morgan fingerprint density at radius 1 is 1.25 bits per heavy atom. The van der Waals surface area contributed by atoms with E-state index in [1.165, 1.54) is 12.1 Å². The molecule has 0 N–H and O–H groups in total. The molecule has 2 rings (SSSR count). The Morgan fingerprint density at radius 3 is 2.65 bits per heavy atom. The second-order valence-corrected chi connectivity index (χ2v) is 5.31. The molecule has 0 unspecified atom stereocenters. The summed E-state index contributed by atoms with van der Waals surface area (Å²) in [7, 11) is 0. The number of aryl methyl sites for hydroxylation is 1. The predicted molar refractivity (Wildman–Crippen MR) is 79.1 cm³/mol. The Kier molecular flexibility index (Phi) is 4.61. The van der Waals surface area contributed by atoms with Crippen molar-refractivity contribution in [2.24, 2.45) is 0 Å². The summed E-state index contributed by atoms with van der Waals surface area (Å²) in [4.78, 5) is 4.44. The van der Waals surface area contributed by atoms with Crippen LogP contribution in [0, 0.1) is 12.7 Å². The van der Waals surface area contributed by atoms with Crippen molar-refractivity contribution in [1.29, 1.82) is 0 Å². The average molecular weight is 294 g/mol. The minimum absolute atomic E-state index is 0.272. The number of aromatic nitrogens is 1. The van der Waals surface area contributed by atoms with Gasteiger partial charge in [-0.1, -0.05) is 19.9 Å². The third-order valence-electron chi connectivity index (χ3n) is 2.99. The number of hydrogen-bond donors (Lipinski definition) is 0. The number of nitrogens with zero attached hydrogens (tertiary/aromatic N) is 1. The van der Waals surface area contributed by atoms with E-state index >= 15 is 0 Å². The molecule has 1 aromatic heterocycles. The van der Waals surface area contributed by atoms with E-state index < -0.39 is 0 Å². The van der Waals surface area contributed by atoms with Crippen molar-refractivity contribution >= 4 is 11.6 Å². The number of ether oxygens (including phenoxy) is 1. The number of alkyl halides is 1. The first-order valence-electron chi connectivity index (χ1n) is 6.50. The highest BCUT2D eigenvalue weighted by atomic mass is 35.5. The van der Waals surface area contributed by atoms with Gasteiger partial charge in [0.15, 0.2) is 0 Å². The van der Waals surface area contributed by atoms with E-state index in [1.807, 2.05) is 13.0 Å². The number of pyridine rings is 1. The lowest BCUT2D eigenvalue weighted by Crippen LogP contribution is -1.98. The molecule has 2 aromatic rings. The second-order valence-electron chi connectivity index (χ2n) is 5.04. The lowest BCUT2D eigenvalue weighted by molar-refractivity contribution is 0.451. The lowest BCUT2D eigenvalue weighted by Gasteiger charge is -2.12. The minimum atomic E-state index is -0.330. The van der Waals surface area contributed by atoms with Gasteiger partial charge >= 0.3 is 0 Å². The molecule has 106 valence electrons. The van der Waals surface area contributed by atoms with Crippen molar-refractivity contribution in [2.75, 3.05) is 0 Å². The largest absolute Gasteiger partial charge is 0.439 e. The number of hydrogen-bond acceptors (Lipinski definition) is 2.